The molecule has 1 aliphatic heterocycles. The van der Waals surface area contributed by atoms with E-state index in [-0.39, 0.29) is 6.61 Å². The molecular weight excluding hydrogens is 192 g/mol. The Kier molecular flexibility index (Phi) is 10.2. The van der Waals surface area contributed by atoms with Crippen LogP contribution < -0.4 is 11.1 Å². The van der Waals surface area contributed by atoms with Crippen LogP contribution in [0.25, 0.3) is 0 Å². The zero-order valence-corrected chi connectivity index (χ0v) is 10.1. The Bertz CT molecular complexity index is 113. The van der Waals surface area contributed by atoms with Gasteiger partial charge in [-0.2, -0.15) is 0 Å². The van der Waals surface area contributed by atoms with Gasteiger partial charge < -0.3 is 26.0 Å². The molecule has 92 valence electrons. The summed E-state index contributed by atoms with van der Waals surface area (Å²) in [4.78, 5) is 4.72. The predicted octanol–water partition coefficient (Wildman–Crippen LogP) is -1.61. The first kappa shape index (κ1) is 14.8. The Balaban J connectivity index is 0.000000265. The van der Waals surface area contributed by atoms with Crippen LogP contribution in [-0.4, -0.2) is 81.4 Å². The van der Waals surface area contributed by atoms with Gasteiger partial charge in [0, 0.05) is 45.8 Å². The lowest BCUT2D eigenvalue weighted by molar-refractivity contribution is 0.181. The normalized spacial score (nSPS) is 18.4. The predicted molar refractivity (Wildman–Crippen MR) is 64.0 cm³/mol. The SMILES string of the molecule is CN1CCN(C)CC1.NCCNCCO. The van der Waals surface area contributed by atoms with Crippen molar-refractivity contribution < 1.29 is 5.11 Å². The summed E-state index contributed by atoms with van der Waals surface area (Å²) in [7, 11) is 4.35. The smallest absolute Gasteiger partial charge is 0.0555 e. The van der Waals surface area contributed by atoms with Gasteiger partial charge in [-0.25, -0.2) is 0 Å². The molecule has 1 saturated heterocycles. The Morgan fingerprint density at radius 1 is 1.07 bits per heavy atom. The third-order valence-corrected chi connectivity index (χ3v) is 2.34. The maximum absolute atomic E-state index is 8.19. The van der Waals surface area contributed by atoms with Crippen molar-refractivity contribution in [1.82, 2.24) is 15.1 Å². The first-order valence-corrected chi connectivity index (χ1v) is 5.59. The van der Waals surface area contributed by atoms with Crippen LogP contribution in [0.4, 0.5) is 0 Å². The molecule has 0 radical (unpaired) electrons. The number of piperazine rings is 1. The van der Waals surface area contributed by atoms with Crippen molar-refractivity contribution in [3.63, 3.8) is 0 Å². The number of rotatable bonds is 4. The molecule has 0 aromatic carbocycles. The molecule has 0 saturated carbocycles. The third-order valence-electron chi connectivity index (χ3n) is 2.34. The van der Waals surface area contributed by atoms with Gasteiger partial charge in [-0.15, -0.1) is 0 Å². The van der Waals surface area contributed by atoms with E-state index < -0.39 is 0 Å². The van der Waals surface area contributed by atoms with Crippen molar-refractivity contribution >= 4 is 0 Å². The van der Waals surface area contributed by atoms with E-state index in [4.69, 9.17) is 10.8 Å². The van der Waals surface area contributed by atoms with Crippen molar-refractivity contribution in [1.29, 1.82) is 0 Å². The maximum atomic E-state index is 8.19. The van der Waals surface area contributed by atoms with Crippen molar-refractivity contribution in [2.75, 3.05) is 66.5 Å². The molecule has 0 aliphatic carbocycles. The molecule has 4 N–H and O–H groups in total. The number of nitrogens with one attached hydrogen (secondary N) is 1. The Morgan fingerprint density at radius 3 is 1.87 bits per heavy atom. The maximum Gasteiger partial charge on any atom is 0.0555 e. The van der Waals surface area contributed by atoms with Crippen molar-refractivity contribution in [2.45, 2.75) is 0 Å². The van der Waals surface area contributed by atoms with Gasteiger partial charge in [0.15, 0.2) is 0 Å². The summed E-state index contributed by atoms with van der Waals surface area (Å²) in [6.07, 6.45) is 0. The van der Waals surface area contributed by atoms with Crippen LogP contribution >= 0.6 is 0 Å². The van der Waals surface area contributed by atoms with E-state index in [1.165, 1.54) is 26.2 Å². The lowest BCUT2D eigenvalue weighted by Gasteiger charge is -2.28. The summed E-state index contributed by atoms with van der Waals surface area (Å²) < 4.78 is 0. The summed E-state index contributed by atoms with van der Waals surface area (Å²) in [5.74, 6) is 0. The fraction of sp³-hybridized carbons (Fsp3) is 1.00. The van der Waals surface area contributed by atoms with Crippen LogP contribution in [0.3, 0.4) is 0 Å². The number of aliphatic hydroxyl groups excluding tert-OH is 1. The minimum atomic E-state index is 0.194. The van der Waals surface area contributed by atoms with Crippen LogP contribution in [0.5, 0.6) is 0 Å². The number of hydrogen-bond acceptors (Lipinski definition) is 5. The van der Waals surface area contributed by atoms with Gasteiger partial charge in [-0.1, -0.05) is 0 Å². The Labute approximate surface area is 93.2 Å². The lowest BCUT2D eigenvalue weighted by atomic mass is 10.4. The molecule has 0 unspecified atom stereocenters. The molecular formula is C10H26N4O. The topological polar surface area (TPSA) is 64.8 Å². The van der Waals surface area contributed by atoms with Gasteiger partial charge in [0.2, 0.25) is 0 Å². The van der Waals surface area contributed by atoms with Crippen molar-refractivity contribution in [2.24, 2.45) is 5.73 Å². The van der Waals surface area contributed by atoms with Gasteiger partial charge in [0.05, 0.1) is 6.61 Å². The minimum Gasteiger partial charge on any atom is -0.395 e. The number of hydrogen-bond donors (Lipinski definition) is 3. The van der Waals surface area contributed by atoms with Gasteiger partial charge in [0.1, 0.15) is 0 Å². The summed E-state index contributed by atoms with van der Waals surface area (Å²) >= 11 is 0. The first-order valence-electron chi connectivity index (χ1n) is 5.59. The highest BCUT2D eigenvalue weighted by molar-refractivity contribution is 4.64. The molecule has 5 heteroatoms. The highest BCUT2D eigenvalue weighted by Gasteiger charge is 2.07. The van der Waals surface area contributed by atoms with Crippen molar-refractivity contribution in [3.05, 3.63) is 0 Å². The van der Waals surface area contributed by atoms with Gasteiger partial charge in [-0.05, 0) is 14.1 Å². The van der Waals surface area contributed by atoms with Crippen LogP contribution in [0.2, 0.25) is 0 Å². The van der Waals surface area contributed by atoms with E-state index >= 15 is 0 Å². The number of likely N-dealkylation sites (N-methyl/N-ethyl adjacent to an activating group) is 2. The fourth-order valence-corrected chi connectivity index (χ4v) is 1.21. The van der Waals surface area contributed by atoms with Gasteiger partial charge in [0.25, 0.3) is 0 Å². The molecule has 15 heavy (non-hydrogen) atoms. The van der Waals surface area contributed by atoms with E-state index in [1.807, 2.05) is 0 Å². The molecule has 1 rings (SSSR count). The summed E-state index contributed by atoms with van der Waals surface area (Å²) in [5.41, 5.74) is 5.13. The second kappa shape index (κ2) is 10.3. The van der Waals surface area contributed by atoms with E-state index in [0.29, 0.717) is 13.1 Å². The standard InChI is InChI=1S/C6H14N2.C4H12N2O/c1-7-3-5-8(2)6-4-7;5-1-2-6-3-4-7/h3-6H2,1-2H3;6-7H,1-5H2. The average Bonchev–Trinajstić information content (AvgIpc) is 2.24. The second-order valence-electron chi connectivity index (χ2n) is 3.87. The van der Waals surface area contributed by atoms with Crippen LogP contribution in [0, 0.1) is 0 Å². The largest absolute Gasteiger partial charge is 0.395 e. The molecule has 1 aliphatic rings. The monoisotopic (exact) mass is 218 g/mol. The first-order chi connectivity index (χ1) is 7.20. The molecule has 1 heterocycles. The third kappa shape index (κ3) is 10.1. The molecule has 1 fully saturated rings. The summed E-state index contributed by atoms with van der Waals surface area (Å²) in [5, 5.41) is 11.1. The fourth-order valence-electron chi connectivity index (χ4n) is 1.21. The average molecular weight is 218 g/mol. The molecule has 0 aromatic heterocycles. The Morgan fingerprint density at radius 2 is 1.53 bits per heavy atom. The zero-order valence-electron chi connectivity index (χ0n) is 10.1. The van der Waals surface area contributed by atoms with E-state index in [9.17, 15) is 0 Å². The summed E-state index contributed by atoms with van der Waals surface area (Å²) in [6, 6.07) is 0. The number of aliphatic hydroxyl groups is 1. The molecule has 0 bridgehead atoms. The van der Waals surface area contributed by atoms with Gasteiger partial charge in [-0.3, -0.25) is 0 Å². The lowest BCUT2D eigenvalue weighted by Crippen LogP contribution is -2.42. The second-order valence-corrected chi connectivity index (χ2v) is 3.87. The Hall–Kier alpha value is -0.200. The highest BCUT2D eigenvalue weighted by Crippen LogP contribution is 1.93. The van der Waals surface area contributed by atoms with E-state index in [1.54, 1.807) is 0 Å². The molecule has 0 spiro atoms. The van der Waals surface area contributed by atoms with E-state index in [0.717, 1.165) is 6.54 Å². The van der Waals surface area contributed by atoms with E-state index in [2.05, 4.69) is 29.2 Å². The molecule has 5 nitrogen and oxygen atoms in total. The van der Waals surface area contributed by atoms with Crippen LogP contribution in [-0.2, 0) is 0 Å². The number of nitrogens with two attached hydrogens (primary N) is 1. The molecule has 0 aromatic rings. The van der Waals surface area contributed by atoms with Crippen molar-refractivity contribution in [3.8, 4) is 0 Å². The van der Waals surface area contributed by atoms with Gasteiger partial charge >= 0.3 is 0 Å². The summed E-state index contributed by atoms with van der Waals surface area (Å²) in [6.45, 7) is 7.21. The number of nitrogens with zero attached hydrogens (tertiary/aromatic N) is 2. The quantitative estimate of drug-likeness (QED) is 0.496. The minimum absolute atomic E-state index is 0.194. The molecule has 0 amide bonds. The zero-order chi connectivity index (χ0) is 11.5. The van der Waals surface area contributed by atoms with Crippen LogP contribution in [0.15, 0.2) is 0 Å². The highest BCUT2D eigenvalue weighted by atomic mass is 16.3. The molecule has 0 atom stereocenters. The van der Waals surface area contributed by atoms with Crippen LogP contribution in [0.1, 0.15) is 0 Å².